The molecule has 1 aliphatic carbocycles. The summed E-state index contributed by atoms with van der Waals surface area (Å²) in [6.07, 6.45) is 5.66. The monoisotopic (exact) mass is 224 g/mol. The van der Waals surface area contributed by atoms with E-state index >= 15 is 0 Å². The average Bonchev–Trinajstić information content (AvgIpc) is 2.49. The number of ether oxygens (including phenoxy) is 1. The summed E-state index contributed by atoms with van der Waals surface area (Å²) in [4.78, 5) is 2.70. The average molecular weight is 224 g/mol. The van der Waals surface area contributed by atoms with Crippen molar-refractivity contribution in [3.63, 3.8) is 0 Å². The van der Waals surface area contributed by atoms with Crippen molar-refractivity contribution >= 4 is 0 Å². The van der Waals surface area contributed by atoms with Gasteiger partial charge in [0.1, 0.15) is 0 Å². The number of hydrogen-bond acceptors (Lipinski definition) is 3. The van der Waals surface area contributed by atoms with Crippen LogP contribution in [-0.2, 0) is 4.74 Å². The predicted octanol–water partition coefficient (Wildman–Crippen LogP) is 1.24. The Balaban J connectivity index is 1.78. The van der Waals surface area contributed by atoms with Crippen LogP contribution in [0.2, 0.25) is 0 Å². The molecule has 2 saturated heterocycles. The molecule has 0 amide bonds. The first-order chi connectivity index (χ1) is 7.86. The van der Waals surface area contributed by atoms with E-state index in [1.807, 2.05) is 0 Å². The second kappa shape index (κ2) is 4.63. The van der Waals surface area contributed by atoms with Gasteiger partial charge in [0.25, 0.3) is 0 Å². The molecule has 3 nitrogen and oxygen atoms in total. The molecule has 0 aromatic carbocycles. The van der Waals surface area contributed by atoms with Crippen molar-refractivity contribution in [1.29, 1.82) is 0 Å². The number of nitrogens with zero attached hydrogens (tertiary/aromatic N) is 1. The van der Waals surface area contributed by atoms with Crippen molar-refractivity contribution in [2.24, 2.45) is 5.92 Å². The molecule has 92 valence electrons. The van der Waals surface area contributed by atoms with Gasteiger partial charge in [-0.25, -0.2) is 0 Å². The molecule has 3 heteroatoms. The minimum absolute atomic E-state index is 0.620. The minimum Gasteiger partial charge on any atom is -0.378 e. The van der Waals surface area contributed by atoms with Gasteiger partial charge in [0, 0.05) is 31.2 Å². The zero-order valence-electron chi connectivity index (χ0n) is 10.3. The highest BCUT2D eigenvalue weighted by Crippen LogP contribution is 2.32. The fourth-order valence-corrected chi connectivity index (χ4v) is 3.90. The quantitative estimate of drug-likeness (QED) is 0.670. The van der Waals surface area contributed by atoms with Gasteiger partial charge in [0.05, 0.1) is 13.2 Å². The Morgan fingerprint density at radius 2 is 2.12 bits per heavy atom. The zero-order chi connectivity index (χ0) is 11.0. The summed E-state index contributed by atoms with van der Waals surface area (Å²) < 4.78 is 5.61. The van der Waals surface area contributed by atoms with E-state index in [4.69, 9.17) is 4.74 Å². The fourth-order valence-electron chi connectivity index (χ4n) is 3.90. The van der Waals surface area contributed by atoms with Crippen molar-refractivity contribution < 1.29 is 4.74 Å². The summed E-state index contributed by atoms with van der Waals surface area (Å²) in [5, 5.41) is 3.79. The molecule has 4 atom stereocenters. The number of morpholine rings is 1. The lowest BCUT2D eigenvalue weighted by Gasteiger charge is -2.41. The molecule has 16 heavy (non-hydrogen) atoms. The van der Waals surface area contributed by atoms with E-state index in [9.17, 15) is 0 Å². The van der Waals surface area contributed by atoms with Gasteiger partial charge in [0.15, 0.2) is 0 Å². The molecule has 2 aliphatic heterocycles. The van der Waals surface area contributed by atoms with Crippen molar-refractivity contribution in [3.8, 4) is 0 Å². The second-order valence-electron chi connectivity index (χ2n) is 5.67. The summed E-state index contributed by atoms with van der Waals surface area (Å²) >= 11 is 0. The third-order valence-electron chi connectivity index (χ3n) is 4.85. The molecule has 0 bridgehead atoms. The highest BCUT2D eigenvalue weighted by molar-refractivity contribution is 4.95. The van der Waals surface area contributed by atoms with Gasteiger partial charge < -0.3 is 10.1 Å². The fraction of sp³-hybridized carbons (Fsp3) is 1.00. The Hall–Kier alpha value is -0.120. The Labute approximate surface area is 98.5 Å². The normalized spacial score (nSPS) is 45.6. The minimum atomic E-state index is 0.620. The van der Waals surface area contributed by atoms with Crippen molar-refractivity contribution in [3.05, 3.63) is 0 Å². The highest BCUT2D eigenvalue weighted by Gasteiger charge is 2.39. The van der Waals surface area contributed by atoms with E-state index < -0.39 is 0 Å². The van der Waals surface area contributed by atoms with Crippen LogP contribution in [-0.4, -0.2) is 49.3 Å². The van der Waals surface area contributed by atoms with Crippen molar-refractivity contribution in [2.45, 2.75) is 50.7 Å². The highest BCUT2D eigenvalue weighted by atomic mass is 16.5. The van der Waals surface area contributed by atoms with Gasteiger partial charge in [-0.3, -0.25) is 4.90 Å². The number of hydrogen-bond donors (Lipinski definition) is 1. The molecular weight excluding hydrogens is 200 g/mol. The third kappa shape index (κ3) is 1.89. The van der Waals surface area contributed by atoms with E-state index in [-0.39, 0.29) is 0 Å². The summed E-state index contributed by atoms with van der Waals surface area (Å²) in [6, 6.07) is 2.14. The molecule has 1 N–H and O–H groups in total. The van der Waals surface area contributed by atoms with Gasteiger partial charge in [0.2, 0.25) is 0 Å². The SMILES string of the molecule is C[C@H]1[C@@H]2CCCCC2NCC2COCCN21. The van der Waals surface area contributed by atoms with Crippen LogP contribution in [0.5, 0.6) is 0 Å². The van der Waals surface area contributed by atoms with Crippen LogP contribution < -0.4 is 5.32 Å². The van der Waals surface area contributed by atoms with E-state index in [1.165, 1.54) is 25.7 Å². The van der Waals surface area contributed by atoms with Gasteiger partial charge in [-0.2, -0.15) is 0 Å². The maximum Gasteiger partial charge on any atom is 0.0635 e. The standard InChI is InChI=1S/C13H24N2O/c1-10-12-4-2-3-5-13(12)14-8-11-9-16-7-6-15(10)11/h10-14H,2-9H2,1H3/t10-,11?,12-,13?/m0/s1. The lowest BCUT2D eigenvalue weighted by Crippen LogP contribution is -2.52. The van der Waals surface area contributed by atoms with Gasteiger partial charge in [-0.05, 0) is 25.7 Å². The van der Waals surface area contributed by atoms with Crippen LogP contribution in [0.15, 0.2) is 0 Å². The van der Waals surface area contributed by atoms with Crippen molar-refractivity contribution in [2.75, 3.05) is 26.3 Å². The second-order valence-corrected chi connectivity index (χ2v) is 5.67. The summed E-state index contributed by atoms with van der Waals surface area (Å²) in [6.45, 7) is 6.56. The lowest BCUT2D eigenvalue weighted by molar-refractivity contribution is -0.0293. The van der Waals surface area contributed by atoms with Crippen LogP contribution in [0.25, 0.3) is 0 Å². The largest absolute Gasteiger partial charge is 0.378 e. The van der Waals surface area contributed by atoms with Crippen molar-refractivity contribution in [1.82, 2.24) is 10.2 Å². The Kier molecular flexibility index (Phi) is 3.18. The van der Waals surface area contributed by atoms with Crippen LogP contribution >= 0.6 is 0 Å². The number of nitrogens with one attached hydrogen (secondary N) is 1. The van der Waals surface area contributed by atoms with Crippen LogP contribution in [0.4, 0.5) is 0 Å². The predicted molar refractivity (Wildman–Crippen MR) is 64.5 cm³/mol. The molecule has 0 spiro atoms. The van der Waals surface area contributed by atoms with Gasteiger partial charge >= 0.3 is 0 Å². The van der Waals surface area contributed by atoms with Crippen LogP contribution in [0.1, 0.15) is 32.6 Å². The third-order valence-corrected chi connectivity index (χ3v) is 4.85. The van der Waals surface area contributed by atoms with E-state index in [0.29, 0.717) is 6.04 Å². The first-order valence-electron chi connectivity index (χ1n) is 6.93. The maximum atomic E-state index is 5.61. The topological polar surface area (TPSA) is 24.5 Å². The van der Waals surface area contributed by atoms with E-state index in [1.54, 1.807) is 0 Å². The Bertz CT molecular complexity index is 222. The Morgan fingerprint density at radius 1 is 1.25 bits per heavy atom. The molecular formula is C13H24N2O. The molecule has 1 saturated carbocycles. The van der Waals surface area contributed by atoms with Crippen LogP contribution in [0.3, 0.4) is 0 Å². The molecule has 2 heterocycles. The molecule has 0 aromatic rings. The molecule has 3 aliphatic rings. The smallest absolute Gasteiger partial charge is 0.0635 e. The molecule has 3 fully saturated rings. The first-order valence-corrected chi connectivity index (χ1v) is 6.93. The number of fused-ring (bicyclic) bond motifs is 2. The maximum absolute atomic E-state index is 5.61. The molecule has 2 unspecified atom stereocenters. The van der Waals surface area contributed by atoms with E-state index in [2.05, 4.69) is 17.1 Å². The number of rotatable bonds is 0. The van der Waals surface area contributed by atoms with Gasteiger partial charge in [-0.1, -0.05) is 12.8 Å². The molecule has 0 aromatic heterocycles. The van der Waals surface area contributed by atoms with Crippen LogP contribution in [0, 0.1) is 5.92 Å². The first kappa shape index (κ1) is 11.0. The van der Waals surface area contributed by atoms with Gasteiger partial charge in [-0.15, -0.1) is 0 Å². The molecule has 0 radical (unpaired) electrons. The summed E-state index contributed by atoms with van der Waals surface area (Å²) in [5.41, 5.74) is 0. The lowest BCUT2D eigenvalue weighted by atomic mass is 9.80. The summed E-state index contributed by atoms with van der Waals surface area (Å²) in [5.74, 6) is 0.872. The molecule has 3 rings (SSSR count). The zero-order valence-corrected chi connectivity index (χ0v) is 10.3. The van der Waals surface area contributed by atoms with E-state index in [0.717, 1.165) is 44.3 Å². The summed E-state index contributed by atoms with van der Waals surface area (Å²) in [7, 11) is 0. The Morgan fingerprint density at radius 3 is 3.06 bits per heavy atom.